The molecule has 1 heterocycles. The molecule has 0 aliphatic carbocycles. The maximum Gasteiger partial charge on any atom is 0.253 e. The molecule has 4 nitrogen and oxygen atoms in total. The largest absolute Gasteiger partial charge is 0.346 e. The highest BCUT2D eigenvalue weighted by molar-refractivity contribution is 5.94. The van der Waals surface area contributed by atoms with Crippen LogP contribution < -0.4 is 0 Å². The summed E-state index contributed by atoms with van der Waals surface area (Å²) in [5.41, 5.74) is 0.466. The number of hydrogen-bond donors (Lipinski definition) is 0. The zero-order valence-corrected chi connectivity index (χ0v) is 12.5. The topological polar surface area (TPSA) is 40.6 Å². The summed E-state index contributed by atoms with van der Waals surface area (Å²) >= 11 is 0. The van der Waals surface area contributed by atoms with Gasteiger partial charge in [0.05, 0.1) is 5.92 Å². The van der Waals surface area contributed by atoms with Crippen LogP contribution in [0.1, 0.15) is 30.1 Å². The normalized spacial score (nSPS) is 18.4. The van der Waals surface area contributed by atoms with Crippen molar-refractivity contribution >= 4 is 11.8 Å². The molecule has 114 valence electrons. The Balaban J connectivity index is 2.05. The summed E-state index contributed by atoms with van der Waals surface area (Å²) in [6.07, 6.45) is 1.64. The molecule has 1 aromatic rings. The molecule has 1 saturated heterocycles. The fraction of sp³-hybridized carbons (Fsp3) is 0.500. The molecule has 1 fully saturated rings. The highest BCUT2D eigenvalue weighted by Crippen LogP contribution is 2.20. The van der Waals surface area contributed by atoms with Crippen molar-refractivity contribution in [1.82, 2.24) is 9.80 Å². The Labute approximate surface area is 124 Å². The molecule has 0 spiro atoms. The number of hydrogen-bond acceptors (Lipinski definition) is 2. The van der Waals surface area contributed by atoms with Gasteiger partial charge in [-0.3, -0.25) is 9.59 Å². The van der Waals surface area contributed by atoms with Gasteiger partial charge in [-0.05, 0) is 44.0 Å². The molecular weight excluding hydrogens is 271 g/mol. The van der Waals surface area contributed by atoms with E-state index in [1.54, 1.807) is 16.8 Å². The van der Waals surface area contributed by atoms with E-state index in [0.717, 1.165) is 12.8 Å². The molecule has 5 heteroatoms. The van der Waals surface area contributed by atoms with Gasteiger partial charge in [-0.2, -0.15) is 0 Å². The van der Waals surface area contributed by atoms with E-state index in [2.05, 4.69) is 0 Å². The third-order valence-corrected chi connectivity index (χ3v) is 4.00. The van der Waals surface area contributed by atoms with Crippen molar-refractivity contribution in [3.63, 3.8) is 0 Å². The Kier molecular flexibility index (Phi) is 4.94. The molecule has 0 saturated carbocycles. The van der Waals surface area contributed by atoms with Crippen LogP contribution in [0.25, 0.3) is 0 Å². The van der Waals surface area contributed by atoms with Crippen molar-refractivity contribution in [3.8, 4) is 0 Å². The molecule has 2 rings (SSSR count). The molecule has 0 bridgehead atoms. The highest BCUT2D eigenvalue weighted by atomic mass is 19.1. The van der Waals surface area contributed by atoms with E-state index in [-0.39, 0.29) is 23.5 Å². The zero-order chi connectivity index (χ0) is 15.4. The van der Waals surface area contributed by atoms with Gasteiger partial charge in [0.2, 0.25) is 5.91 Å². The van der Waals surface area contributed by atoms with Gasteiger partial charge in [0, 0.05) is 32.2 Å². The Morgan fingerprint density at radius 2 is 2.00 bits per heavy atom. The Bertz CT molecular complexity index is 516. The van der Waals surface area contributed by atoms with Crippen LogP contribution in [-0.2, 0) is 4.79 Å². The van der Waals surface area contributed by atoms with E-state index in [0.29, 0.717) is 25.2 Å². The minimum atomic E-state index is -0.359. The van der Waals surface area contributed by atoms with E-state index in [4.69, 9.17) is 0 Å². The van der Waals surface area contributed by atoms with Crippen molar-refractivity contribution in [2.24, 2.45) is 5.92 Å². The molecule has 1 atom stereocenters. The van der Waals surface area contributed by atoms with Gasteiger partial charge >= 0.3 is 0 Å². The lowest BCUT2D eigenvalue weighted by molar-refractivity contribution is -0.135. The molecule has 1 unspecified atom stereocenters. The average molecular weight is 292 g/mol. The molecule has 1 aliphatic rings. The first-order chi connectivity index (χ1) is 10.0. The number of carbonyl (C=O) groups excluding carboxylic acids is 2. The summed E-state index contributed by atoms with van der Waals surface area (Å²) in [6.45, 7) is 3.69. The molecular formula is C16H21FN2O2. The fourth-order valence-corrected chi connectivity index (χ4v) is 2.61. The predicted octanol–water partition coefficient (Wildman–Crippen LogP) is 2.16. The van der Waals surface area contributed by atoms with Gasteiger partial charge in [-0.15, -0.1) is 0 Å². The van der Waals surface area contributed by atoms with Gasteiger partial charge in [0.1, 0.15) is 5.82 Å². The van der Waals surface area contributed by atoms with Crippen molar-refractivity contribution in [1.29, 1.82) is 0 Å². The maximum atomic E-state index is 12.9. The summed E-state index contributed by atoms with van der Waals surface area (Å²) in [5.74, 6) is -0.531. The van der Waals surface area contributed by atoms with Crippen molar-refractivity contribution < 1.29 is 14.0 Å². The van der Waals surface area contributed by atoms with Crippen molar-refractivity contribution in [2.45, 2.75) is 19.8 Å². The SMILES string of the molecule is CCN(C)C(=O)C1CCCN(C(=O)c2ccc(F)cc2)C1. The second-order valence-electron chi connectivity index (χ2n) is 5.45. The highest BCUT2D eigenvalue weighted by Gasteiger charge is 2.30. The Morgan fingerprint density at radius 3 is 2.62 bits per heavy atom. The van der Waals surface area contributed by atoms with Crippen LogP contribution in [-0.4, -0.2) is 48.3 Å². The Morgan fingerprint density at radius 1 is 1.33 bits per heavy atom. The van der Waals surface area contributed by atoms with Crippen LogP contribution in [0.15, 0.2) is 24.3 Å². The average Bonchev–Trinajstić information content (AvgIpc) is 2.53. The van der Waals surface area contributed by atoms with Crippen LogP contribution in [0.3, 0.4) is 0 Å². The number of nitrogens with zero attached hydrogens (tertiary/aromatic N) is 2. The number of amides is 2. The van der Waals surface area contributed by atoms with Gasteiger partial charge < -0.3 is 9.80 Å². The third kappa shape index (κ3) is 3.60. The third-order valence-electron chi connectivity index (χ3n) is 4.00. The number of likely N-dealkylation sites (tertiary alicyclic amines) is 1. The quantitative estimate of drug-likeness (QED) is 0.856. The maximum absolute atomic E-state index is 12.9. The van der Waals surface area contributed by atoms with Crippen molar-refractivity contribution in [3.05, 3.63) is 35.6 Å². The summed E-state index contributed by atoms with van der Waals surface area (Å²) in [5, 5.41) is 0. The van der Waals surface area contributed by atoms with Crippen LogP contribution in [0.2, 0.25) is 0 Å². The second kappa shape index (κ2) is 6.70. The van der Waals surface area contributed by atoms with E-state index >= 15 is 0 Å². The van der Waals surface area contributed by atoms with Crippen molar-refractivity contribution in [2.75, 3.05) is 26.7 Å². The number of carbonyl (C=O) groups is 2. The first kappa shape index (κ1) is 15.5. The predicted molar refractivity (Wildman–Crippen MR) is 78.3 cm³/mol. The van der Waals surface area contributed by atoms with E-state index in [1.807, 2.05) is 6.92 Å². The van der Waals surface area contributed by atoms with Crippen LogP contribution in [0.4, 0.5) is 4.39 Å². The molecule has 1 aliphatic heterocycles. The first-order valence-corrected chi connectivity index (χ1v) is 7.32. The number of piperidine rings is 1. The Hall–Kier alpha value is -1.91. The number of benzene rings is 1. The van der Waals surface area contributed by atoms with Gasteiger partial charge in [0.25, 0.3) is 5.91 Å². The van der Waals surface area contributed by atoms with Crippen LogP contribution >= 0.6 is 0 Å². The van der Waals surface area contributed by atoms with E-state index in [1.165, 1.54) is 24.3 Å². The lowest BCUT2D eigenvalue weighted by Crippen LogP contribution is -2.45. The lowest BCUT2D eigenvalue weighted by Gasteiger charge is -2.33. The molecule has 2 amide bonds. The van der Waals surface area contributed by atoms with Gasteiger partial charge in [0.15, 0.2) is 0 Å². The zero-order valence-electron chi connectivity index (χ0n) is 12.5. The summed E-state index contributed by atoms with van der Waals surface area (Å²) in [4.78, 5) is 28.0. The lowest BCUT2D eigenvalue weighted by atomic mass is 9.96. The second-order valence-corrected chi connectivity index (χ2v) is 5.45. The van der Waals surface area contributed by atoms with E-state index in [9.17, 15) is 14.0 Å². The number of rotatable bonds is 3. The van der Waals surface area contributed by atoms with Gasteiger partial charge in [-0.25, -0.2) is 4.39 Å². The fourth-order valence-electron chi connectivity index (χ4n) is 2.61. The molecule has 0 radical (unpaired) electrons. The van der Waals surface area contributed by atoms with Crippen LogP contribution in [0, 0.1) is 11.7 Å². The first-order valence-electron chi connectivity index (χ1n) is 7.32. The van der Waals surface area contributed by atoms with Gasteiger partial charge in [-0.1, -0.05) is 0 Å². The molecule has 0 aromatic heterocycles. The molecule has 0 N–H and O–H groups in total. The minimum absolute atomic E-state index is 0.0918. The summed E-state index contributed by atoms with van der Waals surface area (Å²) in [7, 11) is 1.78. The minimum Gasteiger partial charge on any atom is -0.346 e. The standard InChI is InChI=1S/C16H21FN2O2/c1-3-18(2)15(20)13-5-4-10-19(11-13)16(21)12-6-8-14(17)9-7-12/h6-9,13H,3-5,10-11H2,1-2H3. The smallest absolute Gasteiger partial charge is 0.253 e. The number of halogens is 1. The van der Waals surface area contributed by atoms with E-state index < -0.39 is 0 Å². The summed E-state index contributed by atoms with van der Waals surface area (Å²) in [6, 6.07) is 5.54. The summed E-state index contributed by atoms with van der Waals surface area (Å²) < 4.78 is 12.9. The monoisotopic (exact) mass is 292 g/mol. The molecule has 21 heavy (non-hydrogen) atoms. The molecule has 1 aromatic carbocycles. The van der Waals surface area contributed by atoms with Crippen LogP contribution in [0.5, 0.6) is 0 Å².